The van der Waals surface area contributed by atoms with Crippen LogP contribution in [0, 0.1) is 0 Å². The van der Waals surface area contributed by atoms with E-state index in [9.17, 15) is 9.59 Å². The molecule has 4 nitrogen and oxygen atoms in total. The minimum atomic E-state index is -1.18. The van der Waals surface area contributed by atoms with E-state index in [0.717, 1.165) is 0 Å². The van der Waals surface area contributed by atoms with Crippen molar-refractivity contribution in [1.82, 2.24) is 0 Å². The van der Waals surface area contributed by atoms with Crippen molar-refractivity contribution in [3.63, 3.8) is 0 Å². The Kier molecular flexibility index (Phi) is 2.52. The summed E-state index contributed by atoms with van der Waals surface area (Å²) in [6.45, 7) is 0. The fraction of sp³-hybridized carbons (Fsp3) is 0. The number of rotatable bonds is 1. The molecule has 2 rings (SSSR count). The van der Waals surface area contributed by atoms with Crippen LogP contribution in [0.4, 0.5) is 5.69 Å². The number of carbonyl (C=O) groups excluding carboxylic acids is 1. The summed E-state index contributed by atoms with van der Waals surface area (Å²) in [4.78, 5) is 21.7. The van der Waals surface area contributed by atoms with Gasteiger partial charge >= 0.3 is 5.97 Å². The molecule has 0 saturated carbocycles. The van der Waals surface area contributed by atoms with Crippen molar-refractivity contribution < 1.29 is 14.7 Å². The molecular weight excluding hydrogens is 230 g/mol. The number of nitrogens with one attached hydrogen (secondary N) is 1. The predicted molar refractivity (Wildman–Crippen MR) is 59.9 cm³/mol. The number of anilines is 1. The van der Waals surface area contributed by atoms with Crippen LogP contribution >= 0.6 is 11.6 Å². The zero-order valence-electron chi connectivity index (χ0n) is 7.95. The highest BCUT2D eigenvalue weighted by atomic mass is 35.5. The molecular formula is C11H6ClNO3. The Hall–Kier alpha value is -2.03. The van der Waals surface area contributed by atoms with Gasteiger partial charge in [-0.1, -0.05) is 11.6 Å². The quantitative estimate of drug-likeness (QED) is 0.730. The van der Waals surface area contributed by atoms with Crippen LogP contribution in [0.2, 0.25) is 5.02 Å². The Morgan fingerprint density at radius 1 is 1.44 bits per heavy atom. The van der Waals surface area contributed by atoms with Gasteiger partial charge in [-0.15, -0.1) is 0 Å². The topological polar surface area (TPSA) is 66.4 Å². The number of hydrogen-bond donors (Lipinski definition) is 2. The first-order chi connectivity index (χ1) is 7.63. The van der Waals surface area contributed by atoms with Crippen LogP contribution in [0.15, 0.2) is 30.0 Å². The van der Waals surface area contributed by atoms with E-state index in [1.54, 1.807) is 18.1 Å². The van der Waals surface area contributed by atoms with Gasteiger partial charge in [0.1, 0.15) is 5.94 Å². The number of carbonyl (C=O) groups is 1. The Morgan fingerprint density at radius 2 is 2.19 bits per heavy atom. The minimum absolute atomic E-state index is 0.00347. The van der Waals surface area contributed by atoms with Crippen molar-refractivity contribution in [3.05, 3.63) is 40.6 Å². The Labute approximate surface area is 95.8 Å². The molecule has 80 valence electrons. The largest absolute Gasteiger partial charge is 0.478 e. The van der Waals surface area contributed by atoms with Gasteiger partial charge in [0.2, 0.25) is 0 Å². The number of hydrogen-bond acceptors (Lipinski definition) is 3. The number of benzene rings is 1. The summed E-state index contributed by atoms with van der Waals surface area (Å²) in [6, 6.07) is 4.85. The van der Waals surface area contributed by atoms with Gasteiger partial charge in [0.05, 0.1) is 11.1 Å². The van der Waals surface area contributed by atoms with Crippen LogP contribution in [0.25, 0.3) is 5.57 Å². The lowest BCUT2D eigenvalue weighted by atomic mass is 9.96. The average molecular weight is 236 g/mol. The van der Waals surface area contributed by atoms with Gasteiger partial charge in [-0.25, -0.2) is 9.59 Å². The zero-order valence-corrected chi connectivity index (χ0v) is 8.71. The first-order valence-electron chi connectivity index (χ1n) is 4.39. The number of carboxylic acids is 1. The monoisotopic (exact) mass is 235 g/mol. The summed E-state index contributed by atoms with van der Waals surface area (Å²) < 4.78 is 0. The van der Waals surface area contributed by atoms with Crippen LogP contribution < -0.4 is 5.32 Å². The maximum absolute atomic E-state index is 10.9. The van der Waals surface area contributed by atoms with Crippen LogP contribution in [0.3, 0.4) is 0 Å². The lowest BCUT2D eigenvalue weighted by molar-refractivity contribution is -0.132. The summed E-state index contributed by atoms with van der Waals surface area (Å²) in [5, 5.41) is 12.1. The first kappa shape index (κ1) is 10.5. The summed E-state index contributed by atoms with van der Waals surface area (Å²) in [6.07, 6.45) is 1.26. The Bertz CT molecular complexity index is 556. The van der Waals surface area contributed by atoms with E-state index in [-0.39, 0.29) is 11.1 Å². The average Bonchev–Trinajstić information content (AvgIpc) is 2.27. The summed E-state index contributed by atoms with van der Waals surface area (Å²) in [7, 11) is 0. The van der Waals surface area contributed by atoms with E-state index in [1.165, 1.54) is 12.3 Å². The zero-order chi connectivity index (χ0) is 11.7. The predicted octanol–water partition coefficient (Wildman–Crippen LogP) is 1.95. The summed E-state index contributed by atoms with van der Waals surface area (Å²) in [5.41, 5.74) is 0.962. The molecule has 16 heavy (non-hydrogen) atoms. The molecule has 1 aliphatic heterocycles. The lowest BCUT2D eigenvalue weighted by Gasteiger charge is -2.16. The molecule has 0 unspecified atom stereocenters. The van der Waals surface area contributed by atoms with Crippen molar-refractivity contribution in [2.45, 2.75) is 0 Å². The van der Waals surface area contributed by atoms with Crippen LogP contribution in [-0.4, -0.2) is 17.0 Å². The van der Waals surface area contributed by atoms with Gasteiger partial charge in [0.15, 0.2) is 0 Å². The molecule has 0 saturated heterocycles. The molecule has 0 spiro atoms. The number of halogens is 1. The highest BCUT2D eigenvalue weighted by Crippen LogP contribution is 2.33. The lowest BCUT2D eigenvalue weighted by Crippen LogP contribution is -2.12. The number of carboxylic acid groups (broad SMARTS) is 1. The van der Waals surface area contributed by atoms with E-state index in [4.69, 9.17) is 16.7 Å². The maximum atomic E-state index is 10.9. The SMILES string of the molecule is O=C=C1C(C(=O)O)=CNc2ccc(Cl)cc21. The van der Waals surface area contributed by atoms with Gasteiger partial charge in [-0.3, -0.25) is 0 Å². The van der Waals surface area contributed by atoms with Crippen LogP contribution in [0.1, 0.15) is 5.56 Å². The molecule has 1 heterocycles. The van der Waals surface area contributed by atoms with Crippen LogP contribution in [0.5, 0.6) is 0 Å². The Balaban J connectivity index is 2.64. The second-order valence-corrected chi connectivity index (χ2v) is 3.61. The third-order valence-electron chi connectivity index (χ3n) is 2.22. The number of fused-ring (bicyclic) bond motifs is 1. The van der Waals surface area contributed by atoms with Crippen molar-refractivity contribution >= 4 is 34.8 Å². The van der Waals surface area contributed by atoms with Gasteiger partial charge in [-0.2, -0.15) is 0 Å². The van der Waals surface area contributed by atoms with E-state index >= 15 is 0 Å². The second kappa shape index (κ2) is 3.85. The third kappa shape index (κ3) is 1.60. The fourth-order valence-electron chi connectivity index (χ4n) is 1.49. The van der Waals surface area contributed by atoms with Gasteiger partial charge in [0, 0.05) is 22.5 Å². The molecule has 0 atom stereocenters. The van der Waals surface area contributed by atoms with Crippen molar-refractivity contribution in [2.75, 3.05) is 5.32 Å². The van der Waals surface area contributed by atoms with Gasteiger partial charge < -0.3 is 10.4 Å². The molecule has 5 heteroatoms. The van der Waals surface area contributed by atoms with Crippen molar-refractivity contribution in [3.8, 4) is 0 Å². The fourth-order valence-corrected chi connectivity index (χ4v) is 1.67. The highest BCUT2D eigenvalue weighted by molar-refractivity contribution is 6.31. The molecule has 0 aliphatic carbocycles. The smallest absolute Gasteiger partial charge is 0.338 e. The standard InChI is InChI=1S/C11H6ClNO3/c12-6-1-2-10-7(3-6)9(5-14)8(4-13-10)11(15)16/h1-4,13H,(H,15,16). The van der Waals surface area contributed by atoms with E-state index in [1.807, 2.05) is 0 Å². The second-order valence-electron chi connectivity index (χ2n) is 3.17. The van der Waals surface area contributed by atoms with Gasteiger partial charge in [0.25, 0.3) is 0 Å². The minimum Gasteiger partial charge on any atom is -0.478 e. The summed E-state index contributed by atoms with van der Waals surface area (Å²) in [5.74, 6) is 0.454. The molecule has 1 aliphatic rings. The van der Waals surface area contributed by atoms with Crippen molar-refractivity contribution in [2.24, 2.45) is 0 Å². The molecule has 0 aromatic heterocycles. The van der Waals surface area contributed by atoms with E-state index < -0.39 is 5.97 Å². The number of aliphatic carboxylic acids is 1. The molecule has 0 fully saturated rings. The third-order valence-corrected chi connectivity index (χ3v) is 2.46. The van der Waals surface area contributed by atoms with Crippen LogP contribution in [-0.2, 0) is 9.59 Å². The molecule has 1 aromatic rings. The first-order valence-corrected chi connectivity index (χ1v) is 4.76. The molecule has 0 radical (unpaired) electrons. The normalized spacial score (nSPS) is 13.3. The van der Waals surface area contributed by atoms with Gasteiger partial charge in [-0.05, 0) is 18.2 Å². The highest BCUT2D eigenvalue weighted by Gasteiger charge is 2.23. The summed E-state index contributed by atoms with van der Waals surface area (Å²) >= 11 is 5.79. The van der Waals surface area contributed by atoms with E-state index in [0.29, 0.717) is 16.3 Å². The van der Waals surface area contributed by atoms with Crippen molar-refractivity contribution in [1.29, 1.82) is 0 Å². The molecule has 2 N–H and O–H groups in total. The maximum Gasteiger partial charge on any atom is 0.338 e. The molecule has 0 bridgehead atoms. The van der Waals surface area contributed by atoms with E-state index in [2.05, 4.69) is 5.32 Å². The molecule has 0 amide bonds. The Morgan fingerprint density at radius 3 is 2.81 bits per heavy atom. The molecule has 1 aromatic carbocycles.